The molecule has 36 heavy (non-hydrogen) atoms. The molecular weight excluding hydrogens is 452 g/mol. The summed E-state index contributed by atoms with van der Waals surface area (Å²) in [6.07, 6.45) is 2.00. The van der Waals surface area contributed by atoms with Crippen LogP contribution in [0.25, 0.3) is 10.8 Å². The van der Waals surface area contributed by atoms with Gasteiger partial charge in [0.05, 0.1) is 47.0 Å². The Hall–Kier alpha value is -3.69. The van der Waals surface area contributed by atoms with Crippen molar-refractivity contribution < 1.29 is 19.1 Å². The molecule has 0 spiro atoms. The molecule has 3 aromatic carbocycles. The molecule has 6 heteroatoms. The molecule has 182 valence electrons. The van der Waals surface area contributed by atoms with Crippen molar-refractivity contribution in [2.24, 2.45) is 11.8 Å². The Kier molecular flexibility index (Phi) is 5.00. The van der Waals surface area contributed by atoms with Crippen molar-refractivity contribution in [1.29, 1.82) is 5.26 Å². The lowest BCUT2D eigenvalue weighted by Crippen LogP contribution is -2.43. The first-order chi connectivity index (χ1) is 17.3. The highest BCUT2D eigenvalue weighted by molar-refractivity contribution is 6.26. The highest BCUT2D eigenvalue weighted by Gasteiger charge is 2.73. The summed E-state index contributed by atoms with van der Waals surface area (Å²) in [5.74, 6) is -0.656. The summed E-state index contributed by atoms with van der Waals surface area (Å²) in [5, 5.41) is 11.0. The molecule has 0 saturated carbocycles. The molecule has 0 radical (unpaired) electrons. The Bertz CT molecular complexity index is 1470. The van der Waals surface area contributed by atoms with E-state index >= 15 is 0 Å². The summed E-state index contributed by atoms with van der Waals surface area (Å²) < 4.78 is 12.7. The Morgan fingerprint density at radius 3 is 2.53 bits per heavy atom. The lowest BCUT2D eigenvalue weighted by atomic mass is 9.67. The molecule has 0 unspecified atom stereocenters. The van der Waals surface area contributed by atoms with Crippen molar-refractivity contribution in [3.8, 4) is 11.8 Å². The zero-order valence-electron chi connectivity index (χ0n) is 20.7. The quantitative estimate of drug-likeness (QED) is 0.468. The third-order valence-corrected chi connectivity index (χ3v) is 8.39. The number of anilines is 1. The second kappa shape index (κ2) is 7.91. The van der Waals surface area contributed by atoms with Gasteiger partial charge in [0.2, 0.25) is 11.8 Å². The number of ether oxygens (including phenoxy) is 2. The molecular formula is C30H28N2O4. The van der Waals surface area contributed by atoms with E-state index in [0.29, 0.717) is 24.3 Å². The van der Waals surface area contributed by atoms with Crippen LogP contribution in [0.4, 0.5) is 5.69 Å². The van der Waals surface area contributed by atoms with E-state index in [0.717, 1.165) is 34.9 Å². The molecule has 0 N–H and O–H groups in total. The maximum atomic E-state index is 14.0. The van der Waals surface area contributed by atoms with Gasteiger partial charge in [0.25, 0.3) is 0 Å². The average Bonchev–Trinajstić information content (AvgIpc) is 3.44. The van der Waals surface area contributed by atoms with Crippen LogP contribution >= 0.6 is 0 Å². The topological polar surface area (TPSA) is 79.6 Å². The fourth-order valence-corrected chi connectivity index (χ4v) is 6.72. The predicted octanol–water partition coefficient (Wildman–Crippen LogP) is 5.22. The van der Waals surface area contributed by atoms with E-state index in [1.807, 2.05) is 57.2 Å². The lowest BCUT2D eigenvalue weighted by Gasteiger charge is -2.31. The molecule has 3 aliphatic heterocycles. The van der Waals surface area contributed by atoms with Gasteiger partial charge in [-0.2, -0.15) is 5.26 Å². The zero-order valence-corrected chi connectivity index (χ0v) is 20.7. The van der Waals surface area contributed by atoms with Crippen molar-refractivity contribution in [1.82, 2.24) is 0 Å². The summed E-state index contributed by atoms with van der Waals surface area (Å²) in [7, 11) is 0. The number of carbonyl (C=O) groups excluding carboxylic acids is 2. The van der Waals surface area contributed by atoms with Crippen molar-refractivity contribution in [3.63, 3.8) is 0 Å². The maximum absolute atomic E-state index is 14.0. The van der Waals surface area contributed by atoms with E-state index in [9.17, 15) is 14.9 Å². The first-order valence-corrected chi connectivity index (χ1v) is 12.5. The maximum Gasteiger partial charge on any atom is 0.240 e. The fourth-order valence-electron chi connectivity index (χ4n) is 6.72. The lowest BCUT2D eigenvalue weighted by molar-refractivity contribution is -0.131. The summed E-state index contributed by atoms with van der Waals surface area (Å²) in [5.41, 5.74) is 1.91. The van der Waals surface area contributed by atoms with Gasteiger partial charge in [0, 0.05) is 17.2 Å². The minimum Gasteiger partial charge on any atom is -0.493 e. The van der Waals surface area contributed by atoms with Crippen LogP contribution in [0, 0.1) is 37.0 Å². The fraction of sp³-hybridized carbons (Fsp3) is 0.367. The number of hydrogen-bond donors (Lipinski definition) is 0. The number of nitrogens with zero attached hydrogens (tertiary/aromatic N) is 2. The van der Waals surface area contributed by atoms with E-state index in [2.05, 4.69) is 12.1 Å². The second-order valence-corrected chi connectivity index (χ2v) is 10.6. The molecule has 3 saturated heterocycles. The summed E-state index contributed by atoms with van der Waals surface area (Å²) in [6, 6.07) is 19.1. The van der Waals surface area contributed by atoms with Crippen LogP contribution in [0.15, 0.2) is 54.6 Å². The molecule has 6 rings (SSSR count). The third kappa shape index (κ3) is 3.12. The largest absolute Gasteiger partial charge is 0.493 e. The second-order valence-electron chi connectivity index (χ2n) is 10.6. The molecule has 6 nitrogen and oxygen atoms in total. The van der Waals surface area contributed by atoms with Gasteiger partial charge in [-0.05, 0) is 57.4 Å². The first kappa shape index (κ1) is 22.8. The number of nitriles is 1. The van der Waals surface area contributed by atoms with E-state index in [-0.39, 0.29) is 11.8 Å². The number of fused-ring (bicyclic) bond motifs is 6. The zero-order chi connectivity index (χ0) is 25.2. The molecule has 3 fully saturated rings. The Morgan fingerprint density at radius 1 is 1.03 bits per heavy atom. The van der Waals surface area contributed by atoms with Crippen LogP contribution in [-0.4, -0.2) is 29.6 Å². The predicted molar refractivity (Wildman–Crippen MR) is 136 cm³/mol. The van der Waals surface area contributed by atoms with Crippen LogP contribution in [0.1, 0.15) is 42.9 Å². The van der Waals surface area contributed by atoms with Crippen molar-refractivity contribution in [3.05, 3.63) is 71.3 Å². The Balaban J connectivity index is 1.33. The number of benzene rings is 3. The van der Waals surface area contributed by atoms with Crippen LogP contribution in [0.3, 0.4) is 0 Å². The number of rotatable bonds is 5. The highest BCUT2D eigenvalue weighted by Crippen LogP contribution is 2.62. The normalized spacial score (nSPS) is 28.6. The molecule has 0 aliphatic carbocycles. The Morgan fingerprint density at radius 2 is 1.78 bits per heavy atom. The van der Waals surface area contributed by atoms with Gasteiger partial charge in [-0.15, -0.1) is 0 Å². The SMILES string of the molecule is Cc1ccc(OCC[C@]23CC[C@](C)(O2)[C@@H]2C(=O)N(c4ccc(C#N)c5ccccc45)C(=O)[C@@H]23)c(C)c1. The number of aryl methyl sites for hydroxylation is 2. The van der Waals surface area contributed by atoms with Gasteiger partial charge in [-0.25, -0.2) is 4.90 Å². The monoisotopic (exact) mass is 480 g/mol. The molecule has 3 aliphatic rings. The number of hydrogen-bond acceptors (Lipinski definition) is 5. The number of carbonyl (C=O) groups is 2. The minimum atomic E-state index is -0.720. The van der Waals surface area contributed by atoms with Gasteiger partial charge in [0.1, 0.15) is 5.75 Å². The van der Waals surface area contributed by atoms with Crippen LogP contribution < -0.4 is 9.64 Å². The minimum absolute atomic E-state index is 0.209. The van der Waals surface area contributed by atoms with Crippen LogP contribution in [0.5, 0.6) is 5.75 Å². The van der Waals surface area contributed by atoms with Crippen LogP contribution in [-0.2, 0) is 14.3 Å². The molecule has 3 aromatic rings. The van der Waals surface area contributed by atoms with Crippen molar-refractivity contribution >= 4 is 28.3 Å². The number of imide groups is 1. The molecule has 2 amide bonds. The van der Waals surface area contributed by atoms with Gasteiger partial charge < -0.3 is 9.47 Å². The van der Waals surface area contributed by atoms with E-state index < -0.39 is 23.0 Å². The van der Waals surface area contributed by atoms with Gasteiger partial charge in [-0.1, -0.05) is 42.0 Å². The summed E-state index contributed by atoms with van der Waals surface area (Å²) >= 11 is 0. The molecule has 0 aromatic heterocycles. The van der Waals surface area contributed by atoms with E-state index in [1.54, 1.807) is 12.1 Å². The third-order valence-electron chi connectivity index (χ3n) is 8.39. The highest BCUT2D eigenvalue weighted by atomic mass is 16.5. The van der Waals surface area contributed by atoms with E-state index in [1.165, 1.54) is 10.5 Å². The van der Waals surface area contributed by atoms with Crippen molar-refractivity contribution in [2.75, 3.05) is 11.5 Å². The molecule has 4 atom stereocenters. The van der Waals surface area contributed by atoms with E-state index in [4.69, 9.17) is 9.47 Å². The summed E-state index contributed by atoms with van der Waals surface area (Å²) in [6.45, 7) is 6.45. The Labute approximate surface area is 210 Å². The molecule has 2 bridgehead atoms. The van der Waals surface area contributed by atoms with Crippen LogP contribution in [0.2, 0.25) is 0 Å². The van der Waals surface area contributed by atoms with Gasteiger partial charge in [-0.3, -0.25) is 9.59 Å². The summed E-state index contributed by atoms with van der Waals surface area (Å²) in [4.78, 5) is 29.2. The van der Waals surface area contributed by atoms with Crippen molar-refractivity contribution in [2.45, 2.75) is 51.2 Å². The number of amides is 2. The smallest absolute Gasteiger partial charge is 0.240 e. The van der Waals surface area contributed by atoms with Gasteiger partial charge >= 0.3 is 0 Å². The average molecular weight is 481 g/mol. The molecule has 3 heterocycles. The standard InChI is InChI=1S/C30H28N2O4/c1-18-8-11-24(19(2)16-18)35-15-14-30-13-12-29(3,36-30)25-26(30)28(34)32(27(25)33)23-10-9-20(17-31)21-6-4-5-7-22(21)23/h4-11,16,25-26H,12-15H2,1-3H3/t25-,26+,29-,30-/m0/s1. The first-order valence-electron chi connectivity index (χ1n) is 12.5. The van der Waals surface area contributed by atoms with Gasteiger partial charge in [0.15, 0.2) is 0 Å².